The van der Waals surface area contributed by atoms with Gasteiger partial charge in [0.25, 0.3) is 0 Å². The molecule has 3 nitrogen and oxygen atoms in total. The van der Waals surface area contributed by atoms with Crippen molar-refractivity contribution >= 4 is 17.3 Å². The number of fused-ring (bicyclic) bond motifs is 3. The lowest BCUT2D eigenvalue weighted by molar-refractivity contribution is 0.192. The van der Waals surface area contributed by atoms with Crippen LogP contribution in [0.15, 0.2) is 12.1 Å². The molecule has 0 radical (unpaired) electrons. The summed E-state index contributed by atoms with van der Waals surface area (Å²) in [6.45, 7) is 3.39. The summed E-state index contributed by atoms with van der Waals surface area (Å²) in [5.41, 5.74) is 2.54. The molecule has 4 heteroatoms. The van der Waals surface area contributed by atoms with Gasteiger partial charge in [0.2, 0.25) is 0 Å². The summed E-state index contributed by atoms with van der Waals surface area (Å²) in [6.07, 6.45) is 1.26. The molecule has 0 aliphatic carbocycles. The zero-order chi connectivity index (χ0) is 12.7. The van der Waals surface area contributed by atoms with Crippen LogP contribution >= 0.6 is 11.6 Å². The van der Waals surface area contributed by atoms with Gasteiger partial charge in [0.15, 0.2) is 0 Å². The number of ether oxygens (including phenoxy) is 1. The molecule has 2 unspecified atom stereocenters. The number of anilines is 1. The lowest BCUT2D eigenvalue weighted by Gasteiger charge is -2.41. The van der Waals surface area contributed by atoms with E-state index in [1.807, 2.05) is 6.07 Å². The number of nitrogens with zero attached hydrogens (tertiary/aromatic N) is 1. The molecular weight excluding hydrogens is 248 g/mol. The highest BCUT2D eigenvalue weighted by Gasteiger charge is 2.34. The Bertz CT molecular complexity index is 463. The van der Waals surface area contributed by atoms with Crippen LogP contribution in [0, 0.1) is 5.92 Å². The fourth-order valence-electron chi connectivity index (χ4n) is 3.19. The number of likely N-dealkylation sites (N-methyl/N-ethyl adjacent to an activating group) is 1. The topological polar surface area (TPSA) is 24.5 Å². The van der Waals surface area contributed by atoms with Crippen LogP contribution in [0.5, 0.6) is 5.75 Å². The minimum atomic E-state index is 0.603. The van der Waals surface area contributed by atoms with Gasteiger partial charge >= 0.3 is 0 Å². The average Bonchev–Trinajstić information content (AvgIpc) is 2.37. The van der Waals surface area contributed by atoms with E-state index in [4.69, 9.17) is 16.3 Å². The number of hydrogen-bond donors (Lipinski definition) is 1. The van der Waals surface area contributed by atoms with Crippen LogP contribution in [-0.2, 0) is 0 Å². The molecule has 1 N–H and O–H groups in total. The molecule has 2 aliphatic rings. The first-order valence-corrected chi connectivity index (χ1v) is 6.86. The molecule has 1 aromatic carbocycles. The Morgan fingerprint density at radius 3 is 3.06 bits per heavy atom. The van der Waals surface area contributed by atoms with Crippen LogP contribution in [0.25, 0.3) is 0 Å². The minimum absolute atomic E-state index is 0.603. The zero-order valence-corrected chi connectivity index (χ0v) is 11.6. The van der Waals surface area contributed by atoms with E-state index in [0.29, 0.717) is 10.9 Å². The highest BCUT2D eigenvalue weighted by atomic mass is 35.5. The van der Waals surface area contributed by atoms with Crippen molar-refractivity contribution in [2.75, 3.05) is 39.1 Å². The Balaban J connectivity index is 2.01. The number of halogens is 1. The first-order chi connectivity index (χ1) is 8.69. The molecule has 0 aromatic heterocycles. The van der Waals surface area contributed by atoms with Gasteiger partial charge in [-0.25, -0.2) is 0 Å². The maximum Gasteiger partial charge on any atom is 0.137 e. The van der Waals surface area contributed by atoms with E-state index in [0.717, 1.165) is 24.8 Å². The lowest BCUT2D eigenvalue weighted by atomic mass is 9.77. The third-order valence-electron chi connectivity index (χ3n) is 4.24. The summed E-state index contributed by atoms with van der Waals surface area (Å²) in [4.78, 5) is 2.41. The van der Waals surface area contributed by atoms with E-state index in [1.54, 1.807) is 7.11 Å². The molecule has 18 heavy (non-hydrogen) atoms. The number of methoxy groups -OCH3 is 1. The van der Waals surface area contributed by atoms with Crippen molar-refractivity contribution in [3.63, 3.8) is 0 Å². The summed E-state index contributed by atoms with van der Waals surface area (Å²) in [7, 11) is 3.87. The van der Waals surface area contributed by atoms with Crippen LogP contribution in [-0.4, -0.2) is 38.7 Å². The molecule has 98 valence electrons. The minimum Gasteiger partial charge on any atom is -0.495 e. The number of hydrogen-bond acceptors (Lipinski definition) is 3. The van der Waals surface area contributed by atoms with Gasteiger partial charge in [0, 0.05) is 24.7 Å². The van der Waals surface area contributed by atoms with Crippen molar-refractivity contribution < 1.29 is 4.74 Å². The lowest BCUT2D eigenvalue weighted by Crippen LogP contribution is -2.41. The summed E-state index contributed by atoms with van der Waals surface area (Å²) < 4.78 is 5.34. The van der Waals surface area contributed by atoms with Crippen LogP contribution in [0.4, 0.5) is 5.69 Å². The monoisotopic (exact) mass is 266 g/mol. The standard InChI is InChI=1S/C14H19ClN2O/c1-17-4-3-9-7-16-13-6-12(15)14(18-2)5-10(13)11(9)8-17/h5-6,9,11,16H,3-4,7-8H2,1-2H3. The summed E-state index contributed by atoms with van der Waals surface area (Å²) in [5, 5.41) is 4.20. The van der Waals surface area contributed by atoms with E-state index in [1.165, 1.54) is 24.2 Å². The van der Waals surface area contributed by atoms with Gasteiger partial charge in [0.1, 0.15) is 5.75 Å². The largest absolute Gasteiger partial charge is 0.495 e. The van der Waals surface area contributed by atoms with Crippen molar-refractivity contribution in [3.05, 3.63) is 22.7 Å². The smallest absolute Gasteiger partial charge is 0.137 e. The molecule has 1 aromatic rings. The Kier molecular flexibility index (Phi) is 3.12. The van der Waals surface area contributed by atoms with Crippen molar-refractivity contribution in [2.24, 2.45) is 5.92 Å². The maximum atomic E-state index is 6.19. The Morgan fingerprint density at radius 2 is 2.28 bits per heavy atom. The SMILES string of the molecule is COc1cc2c(cc1Cl)NCC1CCN(C)CC21. The van der Waals surface area contributed by atoms with Gasteiger partial charge in [-0.05, 0) is 43.6 Å². The summed E-state index contributed by atoms with van der Waals surface area (Å²) >= 11 is 6.19. The third kappa shape index (κ3) is 1.95. The average molecular weight is 267 g/mol. The first-order valence-electron chi connectivity index (χ1n) is 6.49. The Morgan fingerprint density at radius 1 is 1.44 bits per heavy atom. The zero-order valence-electron chi connectivity index (χ0n) is 10.9. The molecule has 0 saturated carbocycles. The highest BCUT2D eigenvalue weighted by molar-refractivity contribution is 6.32. The van der Waals surface area contributed by atoms with Crippen LogP contribution < -0.4 is 10.1 Å². The summed E-state index contributed by atoms with van der Waals surface area (Å²) in [6, 6.07) is 4.11. The normalized spacial score (nSPS) is 27.1. The number of benzene rings is 1. The molecule has 2 atom stereocenters. The highest BCUT2D eigenvalue weighted by Crippen LogP contribution is 2.43. The number of piperidine rings is 1. The van der Waals surface area contributed by atoms with Gasteiger partial charge in [0.05, 0.1) is 12.1 Å². The second-order valence-electron chi connectivity index (χ2n) is 5.37. The molecular formula is C14H19ClN2O. The Labute approximate surface area is 113 Å². The number of likely N-dealkylation sites (tertiary alicyclic amines) is 1. The van der Waals surface area contributed by atoms with Crippen LogP contribution in [0.1, 0.15) is 17.9 Å². The van der Waals surface area contributed by atoms with Crippen molar-refractivity contribution in [2.45, 2.75) is 12.3 Å². The third-order valence-corrected chi connectivity index (χ3v) is 4.53. The summed E-state index contributed by atoms with van der Waals surface area (Å²) in [5.74, 6) is 2.12. The molecule has 0 amide bonds. The maximum absolute atomic E-state index is 6.19. The van der Waals surface area contributed by atoms with Crippen molar-refractivity contribution in [3.8, 4) is 5.75 Å². The molecule has 0 spiro atoms. The van der Waals surface area contributed by atoms with E-state index in [-0.39, 0.29) is 0 Å². The van der Waals surface area contributed by atoms with Crippen LogP contribution in [0.2, 0.25) is 5.02 Å². The Hall–Kier alpha value is -0.930. The van der Waals surface area contributed by atoms with Crippen LogP contribution in [0.3, 0.4) is 0 Å². The quantitative estimate of drug-likeness (QED) is 0.846. The molecule has 2 aliphatic heterocycles. The van der Waals surface area contributed by atoms with Gasteiger partial charge in [-0.3, -0.25) is 0 Å². The van der Waals surface area contributed by atoms with Gasteiger partial charge in [-0.1, -0.05) is 11.6 Å². The predicted octanol–water partition coefficient (Wildman–Crippen LogP) is 2.81. The molecule has 1 fully saturated rings. The van der Waals surface area contributed by atoms with Gasteiger partial charge in [-0.2, -0.15) is 0 Å². The molecule has 2 heterocycles. The van der Waals surface area contributed by atoms with Crippen molar-refractivity contribution in [1.82, 2.24) is 4.90 Å². The fraction of sp³-hybridized carbons (Fsp3) is 0.571. The fourth-order valence-corrected chi connectivity index (χ4v) is 3.43. The molecule has 0 bridgehead atoms. The molecule has 3 rings (SSSR count). The number of nitrogens with one attached hydrogen (secondary N) is 1. The van der Waals surface area contributed by atoms with E-state index < -0.39 is 0 Å². The molecule has 1 saturated heterocycles. The second kappa shape index (κ2) is 4.63. The second-order valence-corrected chi connectivity index (χ2v) is 5.78. The van der Waals surface area contributed by atoms with E-state index in [2.05, 4.69) is 23.3 Å². The van der Waals surface area contributed by atoms with E-state index >= 15 is 0 Å². The van der Waals surface area contributed by atoms with E-state index in [9.17, 15) is 0 Å². The first kappa shape index (κ1) is 12.1. The van der Waals surface area contributed by atoms with Gasteiger partial charge in [-0.15, -0.1) is 0 Å². The van der Waals surface area contributed by atoms with Gasteiger partial charge < -0.3 is 15.0 Å². The predicted molar refractivity (Wildman–Crippen MR) is 74.8 cm³/mol. The van der Waals surface area contributed by atoms with Crippen molar-refractivity contribution in [1.29, 1.82) is 0 Å². The number of rotatable bonds is 1.